The molecule has 2 aromatic carbocycles. The molecule has 2 aliphatic rings. The lowest BCUT2D eigenvalue weighted by molar-refractivity contribution is 0.253. The van der Waals surface area contributed by atoms with Gasteiger partial charge in [-0.3, -0.25) is 4.90 Å². The van der Waals surface area contributed by atoms with E-state index in [1.54, 1.807) is 0 Å². The summed E-state index contributed by atoms with van der Waals surface area (Å²) in [7, 11) is 0. The molecule has 4 heteroatoms. The molecule has 0 spiro atoms. The van der Waals surface area contributed by atoms with E-state index in [-0.39, 0.29) is 0 Å². The third kappa shape index (κ3) is 4.41. The zero-order chi connectivity index (χ0) is 18.6. The quantitative estimate of drug-likeness (QED) is 0.674. The van der Waals surface area contributed by atoms with E-state index in [0.29, 0.717) is 0 Å². The van der Waals surface area contributed by atoms with Crippen LogP contribution in [0.3, 0.4) is 0 Å². The summed E-state index contributed by atoms with van der Waals surface area (Å²) in [5, 5.41) is 0.835. The molecule has 0 atom stereocenters. The van der Waals surface area contributed by atoms with Crippen LogP contribution in [0.4, 0.5) is 11.4 Å². The second-order valence-electron chi connectivity index (χ2n) is 7.83. The van der Waals surface area contributed by atoms with Crippen molar-refractivity contribution in [3.05, 3.63) is 58.6 Å². The number of aryl methyl sites for hydroxylation is 1. The van der Waals surface area contributed by atoms with Gasteiger partial charge in [0.1, 0.15) is 0 Å². The van der Waals surface area contributed by atoms with Gasteiger partial charge in [0, 0.05) is 55.7 Å². The Morgan fingerprint density at radius 2 is 1.63 bits per heavy atom. The molecule has 0 aromatic heterocycles. The highest BCUT2D eigenvalue weighted by atomic mass is 35.5. The van der Waals surface area contributed by atoms with E-state index in [0.717, 1.165) is 31.2 Å². The summed E-state index contributed by atoms with van der Waals surface area (Å²) < 4.78 is 0. The minimum atomic E-state index is 0.835. The van der Waals surface area contributed by atoms with E-state index in [2.05, 4.69) is 58.0 Å². The van der Waals surface area contributed by atoms with Gasteiger partial charge in [-0.15, -0.1) is 0 Å². The summed E-state index contributed by atoms with van der Waals surface area (Å²) in [5.41, 5.74) is 5.60. The molecule has 0 saturated carbocycles. The van der Waals surface area contributed by atoms with Crippen molar-refractivity contribution in [1.82, 2.24) is 4.90 Å². The Kier molecular flexibility index (Phi) is 5.89. The first kappa shape index (κ1) is 18.6. The first-order valence-electron chi connectivity index (χ1n) is 10.3. The molecular formula is C23H30ClN3. The topological polar surface area (TPSA) is 9.72 Å². The van der Waals surface area contributed by atoms with Crippen molar-refractivity contribution in [2.24, 2.45) is 0 Å². The first-order valence-corrected chi connectivity index (χ1v) is 10.6. The molecule has 27 heavy (non-hydrogen) atoms. The van der Waals surface area contributed by atoms with E-state index in [1.165, 1.54) is 61.4 Å². The van der Waals surface area contributed by atoms with Crippen molar-refractivity contribution in [1.29, 1.82) is 0 Å². The molecule has 2 heterocycles. The van der Waals surface area contributed by atoms with Gasteiger partial charge in [-0.25, -0.2) is 0 Å². The number of fused-ring (bicyclic) bond motifs is 1. The van der Waals surface area contributed by atoms with Crippen LogP contribution in [0.2, 0.25) is 5.02 Å². The largest absolute Gasteiger partial charge is 0.371 e. The molecule has 3 nitrogen and oxygen atoms in total. The minimum Gasteiger partial charge on any atom is -0.371 e. The van der Waals surface area contributed by atoms with Crippen LogP contribution >= 0.6 is 11.6 Å². The van der Waals surface area contributed by atoms with Crippen molar-refractivity contribution in [3.8, 4) is 0 Å². The molecule has 1 saturated heterocycles. The number of anilines is 2. The highest BCUT2D eigenvalue weighted by Gasteiger charge is 2.20. The molecule has 0 aliphatic carbocycles. The van der Waals surface area contributed by atoms with Crippen molar-refractivity contribution in [2.45, 2.75) is 26.2 Å². The van der Waals surface area contributed by atoms with Crippen LogP contribution in [0.15, 0.2) is 42.5 Å². The predicted molar refractivity (Wildman–Crippen MR) is 116 cm³/mol. The lowest BCUT2D eigenvalue weighted by Crippen LogP contribution is -2.46. The Hall–Kier alpha value is -1.71. The molecule has 144 valence electrons. The predicted octanol–water partition coefficient (Wildman–Crippen LogP) is 4.61. The van der Waals surface area contributed by atoms with Gasteiger partial charge in [0.05, 0.1) is 0 Å². The van der Waals surface area contributed by atoms with E-state index < -0.39 is 0 Å². The third-order valence-electron chi connectivity index (χ3n) is 6.02. The van der Waals surface area contributed by atoms with Crippen molar-refractivity contribution in [3.63, 3.8) is 0 Å². The number of benzene rings is 2. The Morgan fingerprint density at radius 1 is 0.852 bits per heavy atom. The maximum Gasteiger partial charge on any atom is 0.0426 e. The fourth-order valence-electron chi connectivity index (χ4n) is 4.41. The summed E-state index contributed by atoms with van der Waals surface area (Å²) in [4.78, 5) is 7.67. The Balaban J connectivity index is 1.19. The van der Waals surface area contributed by atoms with E-state index in [4.69, 9.17) is 11.6 Å². The molecular weight excluding hydrogens is 354 g/mol. The molecule has 2 aliphatic heterocycles. The molecule has 0 N–H and O–H groups in total. The number of halogens is 1. The number of para-hydroxylation sites is 1. The molecule has 2 aromatic rings. The molecule has 0 unspecified atom stereocenters. The lowest BCUT2D eigenvalue weighted by Gasteiger charge is -2.37. The number of rotatable bonds is 6. The van der Waals surface area contributed by atoms with Crippen molar-refractivity contribution in [2.75, 3.05) is 55.6 Å². The van der Waals surface area contributed by atoms with Crippen LogP contribution in [0, 0.1) is 6.92 Å². The summed E-state index contributed by atoms with van der Waals surface area (Å²) >= 11 is 6.19. The van der Waals surface area contributed by atoms with Crippen LogP contribution in [0.5, 0.6) is 0 Å². The molecule has 4 rings (SSSR count). The van der Waals surface area contributed by atoms with Gasteiger partial charge in [0.15, 0.2) is 0 Å². The lowest BCUT2D eigenvalue weighted by atomic mass is 10.1. The monoisotopic (exact) mass is 383 g/mol. The fourth-order valence-corrected chi connectivity index (χ4v) is 4.58. The first-order chi connectivity index (χ1) is 13.2. The second kappa shape index (κ2) is 8.53. The highest BCUT2D eigenvalue weighted by molar-refractivity contribution is 6.30. The van der Waals surface area contributed by atoms with Crippen LogP contribution in [-0.4, -0.2) is 50.7 Å². The zero-order valence-electron chi connectivity index (χ0n) is 16.3. The highest BCUT2D eigenvalue weighted by Crippen LogP contribution is 2.28. The normalized spacial score (nSPS) is 17.4. The van der Waals surface area contributed by atoms with Gasteiger partial charge in [0.2, 0.25) is 0 Å². The van der Waals surface area contributed by atoms with Gasteiger partial charge in [0.25, 0.3) is 0 Å². The average molecular weight is 384 g/mol. The summed E-state index contributed by atoms with van der Waals surface area (Å²) in [6.07, 6.45) is 3.78. The number of piperazine rings is 1. The van der Waals surface area contributed by atoms with Crippen LogP contribution < -0.4 is 9.80 Å². The number of unbranched alkanes of at least 4 members (excludes halogenated alkanes) is 1. The molecule has 0 radical (unpaired) electrons. The van der Waals surface area contributed by atoms with E-state index in [1.807, 2.05) is 6.07 Å². The number of nitrogens with zero attached hydrogens (tertiary/aromatic N) is 3. The van der Waals surface area contributed by atoms with Crippen molar-refractivity contribution >= 4 is 23.0 Å². The van der Waals surface area contributed by atoms with Gasteiger partial charge in [-0.2, -0.15) is 0 Å². The second-order valence-corrected chi connectivity index (χ2v) is 8.27. The Labute approximate surface area is 168 Å². The third-order valence-corrected chi connectivity index (χ3v) is 6.25. The molecule has 0 bridgehead atoms. The average Bonchev–Trinajstić information content (AvgIpc) is 3.11. The number of hydrogen-bond donors (Lipinski definition) is 0. The summed E-state index contributed by atoms with van der Waals surface area (Å²) in [6.45, 7) is 10.3. The van der Waals surface area contributed by atoms with Crippen LogP contribution in [0.1, 0.15) is 24.0 Å². The van der Waals surface area contributed by atoms with Gasteiger partial charge < -0.3 is 9.80 Å². The fraction of sp³-hybridized carbons (Fsp3) is 0.478. The smallest absolute Gasteiger partial charge is 0.0426 e. The summed E-state index contributed by atoms with van der Waals surface area (Å²) in [6, 6.07) is 15.1. The van der Waals surface area contributed by atoms with E-state index >= 15 is 0 Å². The maximum absolute atomic E-state index is 6.19. The van der Waals surface area contributed by atoms with Crippen LogP contribution in [-0.2, 0) is 6.42 Å². The SMILES string of the molecule is Cc1ccc(Cl)cc1N1CCN(CCCCN2CCc3ccccc32)CC1. The molecule has 1 fully saturated rings. The minimum absolute atomic E-state index is 0.835. The van der Waals surface area contributed by atoms with Crippen LogP contribution in [0.25, 0.3) is 0 Å². The Bertz CT molecular complexity index is 768. The standard InChI is InChI=1S/C23H30ClN3/c1-19-8-9-21(24)18-23(19)27-16-14-25(15-17-27)11-4-5-12-26-13-10-20-6-2-3-7-22(20)26/h2-3,6-9,18H,4-5,10-17H2,1H3. The molecule has 0 amide bonds. The van der Waals surface area contributed by atoms with Gasteiger partial charge in [-0.05, 0) is 62.1 Å². The van der Waals surface area contributed by atoms with Crippen molar-refractivity contribution < 1.29 is 0 Å². The van der Waals surface area contributed by atoms with E-state index in [9.17, 15) is 0 Å². The zero-order valence-corrected chi connectivity index (χ0v) is 17.1. The van der Waals surface area contributed by atoms with Gasteiger partial charge in [-0.1, -0.05) is 35.9 Å². The Morgan fingerprint density at radius 3 is 2.48 bits per heavy atom. The maximum atomic E-state index is 6.19. The van der Waals surface area contributed by atoms with Gasteiger partial charge >= 0.3 is 0 Å². The summed E-state index contributed by atoms with van der Waals surface area (Å²) in [5.74, 6) is 0. The number of hydrogen-bond acceptors (Lipinski definition) is 3.